The van der Waals surface area contributed by atoms with E-state index in [2.05, 4.69) is 44.5 Å². The highest BCUT2D eigenvalue weighted by Gasteiger charge is 2.14. The molecule has 1 N–H and O–H groups in total. The van der Waals surface area contributed by atoms with Gasteiger partial charge in [-0.1, -0.05) is 0 Å². The number of anilines is 1. The van der Waals surface area contributed by atoms with E-state index in [1.165, 1.54) is 0 Å². The van der Waals surface area contributed by atoms with Crippen molar-refractivity contribution in [1.29, 1.82) is 0 Å². The minimum atomic E-state index is 0.223. The van der Waals surface area contributed by atoms with Gasteiger partial charge in [0.05, 0.1) is 24.7 Å². The van der Waals surface area contributed by atoms with Crippen LogP contribution in [0.1, 0.15) is 25.6 Å². The highest BCUT2D eigenvalue weighted by molar-refractivity contribution is 5.30. The fourth-order valence-electron chi connectivity index (χ4n) is 2.26. The molecule has 2 aromatic heterocycles. The quantitative estimate of drug-likeness (QED) is 0.842. The van der Waals surface area contributed by atoms with E-state index in [4.69, 9.17) is 4.74 Å². The van der Waals surface area contributed by atoms with Crippen LogP contribution in [0.2, 0.25) is 0 Å². The van der Waals surface area contributed by atoms with Crippen LogP contribution in [0.3, 0.4) is 0 Å². The van der Waals surface area contributed by atoms with Crippen molar-refractivity contribution < 1.29 is 4.74 Å². The van der Waals surface area contributed by atoms with Gasteiger partial charge >= 0.3 is 0 Å². The van der Waals surface area contributed by atoms with Gasteiger partial charge in [0, 0.05) is 38.3 Å². The van der Waals surface area contributed by atoms with Crippen molar-refractivity contribution in [1.82, 2.24) is 19.1 Å². The summed E-state index contributed by atoms with van der Waals surface area (Å²) >= 11 is 0. The molecule has 0 bridgehead atoms. The Morgan fingerprint density at radius 2 is 2.20 bits per heavy atom. The van der Waals surface area contributed by atoms with E-state index < -0.39 is 0 Å². The van der Waals surface area contributed by atoms with Crippen molar-refractivity contribution >= 4 is 5.95 Å². The Kier molecular flexibility index (Phi) is 4.79. The lowest BCUT2D eigenvalue weighted by molar-refractivity contribution is 0.190. The second-order valence-electron chi connectivity index (χ2n) is 5.22. The number of methoxy groups -OCH3 is 1. The van der Waals surface area contributed by atoms with Gasteiger partial charge < -0.3 is 19.2 Å². The number of nitrogens with zero attached hydrogens (tertiary/aromatic N) is 4. The third-order valence-electron chi connectivity index (χ3n) is 3.15. The Balaban J connectivity index is 2.10. The second-order valence-corrected chi connectivity index (χ2v) is 5.22. The molecule has 0 saturated carbocycles. The van der Waals surface area contributed by atoms with Gasteiger partial charge in [-0.15, -0.1) is 0 Å². The Hall–Kier alpha value is -1.82. The van der Waals surface area contributed by atoms with Crippen LogP contribution in [0.5, 0.6) is 0 Å². The van der Waals surface area contributed by atoms with Crippen molar-refractivity contribution in [2.24, 2.45) is 0 Å². The number of hydrogen-bond donors (Lipinski definition) is 1. The predicted octanol–water partition coefficient (Wildman–Crippen LogP) is 2.10. The summed E-state index contributed by atoms with van der Waals surface area (Å²) in [5, 5.41) is 3.39. The molecule has 6 nitrogen and oxygen atoms in total. The van der Waals surface area contributed by atoms with Crippen LogP contribution in [-0.2, 0) is 11.3 Å². The Bertz CT molecular complexity index is 520. The molecule has 110 valence electrons. The summed E-state index contributed by atoms with van der Waals surface area (Å²) in [4.78, 5) is 8.63. The maximum Gasteiger partial charge on any atom is 0.203 e. The number of rotatable bonds is 7. The summed E-state index contributed by atoms with van der Waals surface area (Å²) in [6.45, 7) is 7.78. The summed E-state index contributed by atoms with van der Waals surface area (Å²) in [5.41, 5.74) is 1.01. The number of ether oxygens (including phenoxy) is 1. The molecule has 2 heterocycles. The first-order chi connectivity index (χ1) is 9.60. The first kappa shape index (κ1) is 14.6. The van der Waals surface area contributed by atoms with E-state index in [1.807, 2.05) is 19.4 Å². The first-order valence-electron chi connectivity index (χ1n) is 6.87. The fraction of sp³-hybridized carbons (Fsp3) is 0.571. The van der Waals surface area contributed by atoms with E-state index in [9.17, 15) is 0 Å². The van der Waals surface area contributed by atoms with Gasteiger partial charge in [0.15, 0.2) is 0 Å². The molecule has 0 aromatic carbocycles. The maximum absolute atomic E-state index is 5.16. The summed E-state index contributed by atoms with van der Waals surface area (Å²) in [6.07, 6.45) is 7.68. The molecular formula is C14H23N5O. The molecule has 2 atom stereocenters. The van der Waals surface area contributed by atoms with Gasteiger partial charge in [0.25, 0.3) is 0 Å². The van der Waals surface area contributed by atoms with Crippen LogP contribution >= 0.6 is 0 Å². The molecule has 0 radical (unpaired) electrons. The van der Waals surface area contributed by atoms with Gasteiger partial charge in [-0.05, 0) is 20.8 Å². The largest absolute Gasteiger partial charge is 0.383 e. The summed E-state index contributed by atoms with van der Waals surface area (Å²) in [5.74, 6) is 0.889. The Labute approximate surface area is 119 Å². The summed E-state index contributed by atoms with van der Waals surface area (Å²) < 4.78 is 9.40. The minimum Gasteiger partial charge on any atom is -0.383 e. The van der Waals surface area contributed by atoms with Gasteiger partial charge in [-0.25, -0.2) is 9.97 Å². The fourth-order valence-corrected chi connectivity index (χ4v) is 2.26. The number of nitrogens with one attached hydrogen (secondary N) is 1. The standard InChI is InChI=1S/C14H23N5O/c1-11-7-19(13(3)8-18-6-5-15-10-18)14(16-11)17-12(2)9-20-4/h5-7,10,12-13H,8-9H2,1-4H3,(H,16,17). The zero-order chi connectivity index (χ0) is 14.5. The molecule has 0 spiro atoms. The van der Waals surface area contributed by atoms with Crippen molar-refractivity contribution in [2.45, 2.75) is 39.4 Å². The third-order valence-corrected chi connectivity index (χ3v) is 3.15. The molecule has 0 saturated heterocycles. The Morgan fingerprint density at radius 1 is 1.40 bits per heavy atom. The smallest absolute Gasteiger partial charge is 0.203 e. The van der Waals surface area contributed by atoms with Crippen LogP contribution in [0.15, 0.2) is 24.9 Å². The van der Waals surface area contributed by atoms with Gasteiger partial charge in [0.2, 0.25) is 5.95 Å². The van der Waals surface area contributed by atoms with E-state index in [-0.39, 0.29) is 6.04 Å². The van der Waals surface area contributed by atoms with E-state index in [0.29, 0.717) is 12.6 Å². The van der Waals surface area contributed by atoms with Crippen molar-refractivity contribution in [3.05, 3.63) is 30.6 Å². The predicted molar refractivity (Wildman–Crippen MR) is 78.9 cm³/mol. The average Bonchev–Trinajstić information content (AvgIpc) is 2.99. The highest BCUT2D eigenvalue weighted by atomic mass is 16.5. The molecule has 2 rings (SSSR count). The van der Waals surface area contributed by atoms with Gasteiger partial charge in [0.1, 0.15) is 0 Å². The highest BCUT2D eigenvalue weighted by Crippen LogP contribution is 2.18. The molecule has 0 amide bonds. The van der Waals surface area contributed by atoms with Crippen LogP contribution in [0, 0.1) is 6.92 Å². The van der Waals surface area contributed by atoms with Gasteiger partial charge in [-0.3, -0.25) is 0 Å². The van der Waals surface area contributed by atoms with Gasteiger partial charge in [-0.2, -0.15) is 0 Å². The SMILES string of the molecule is COCC(C)Nc1nc(C)cn1C(C)Cn1ccnc1. The molecule has 0 fully saturated rings. The molecule has 0 aliphatic carbocycles. The number of imidazole rings is 2. The molecular weight excluding hydrogens is 254 g/mol. The van der Waals surface area contributed by atoms with Crippen LogP contribution in [0.25, 0.3) is 0 Å². The topological polar surface area (TPSA) is 56.9 Å². The number of aromatic nitrogens is 4. The lowest BCUT2D eigenvalue weighted by Gasteiger charge is -2.20. The van der Waals surface area contributed by atoms with Crippen molar-refractivity contribution in [3.8, 4) is 0 Å². The van der Waals surface area contributed by atoms with Crippen LogP contribution in [-0.4, -0.2) is 38.9 Å². The monoisotopic (exact) mass is 277 g/mol. The maximum atomic E-state index is 5.16. The zero-order valence-electron chi connectivity index (χ0n) is 12.6. The lowest BCUT2D eigenvalue weighted by atomic mass is 10.3. The summed E-state index contributed by atoms with van der Waals surface area (Å²) in [6, 6.07) is 0.517. The van der Waals surface area contributed by atoms with Crippen molar-refractivity contribution in [2.75, 3.05) is 19.0 Å². The second kappa shape index (κ2) is 6.56. The van der Waals surface area contributed by atoms with E-state index in [1.54, 1.807) is 13.3 Å². The normalized spacial score (nSPS) is 14.2. The molecule has 2 aromatic rings. The first-order valence-corrected chi connectivity index (χ1v) is 6.87. The number of aryl methyl sites for hydroxylation is 1. The average molecular weight is 277 g/mol. The van der Waals surface area contributed by atoms with E-state index >= 15 is 0 Å². The van der Waals surface area contributed by atoms with Crippen LogP contribution < -0.4 is 5.32 Å². The van der Waals surface area contributed by atoms with Crippen LogP contribution in [0.4, 0.5) is 5.95 Å². The summed E-state index contributed by atoms with van der Waals surface area (Å²) in [7, 11) is 1.71. The number of hydrogen-bond acceptors (Lipinski definition) is 4. The van der Waals surface area contributed by atoms with E-state index in [0.717, 1.165) is 18.2 Å². The molecule has 6 heteroatoms. The zero-order valence-corrected chi connectivity index (χ0v) is 12.6. The minimum absolute atomic E-state index is 0.223. The molecule has 20 heavy (non-hydrogen) atoms. The third kappa shape index (κ3) is 3.60. The lowest BCUT2D eigenvalue weighted by Crippen LogP contribution is -2.24. The molecule has 0 aliphatic heterocycles. The Morgan fingerprint density at radius 3 is 2.85 bits per heavy atom. The van der Waals surface area contributed by atoms with Crippen molar-refractivity contribution in [3.63, 3.8) is 0 Å². The molecule has 0 aliphatic rings. The molecule has 2 unspecified atom stereocenters.